The van der Waals surface area contributed by atoms with E-state index in [1.807, 2.05) is 36.4 Å². The van der Waals surface area contributed by atoms with Gasteiger partial charge in [0.1, 0.15) is 0 Å². The fraction of sp³-hybridized carbons (Fsp3) is 0.304. The molecular weight excluding hydrogens is 567 g/mol. The van der Waals surface area contributed by atoms with Crippen molar-refractivity contribution in [1.82, 2.24) is 0 Å². The Labute approximate surface area is 283 Å². The van der Waals surface area contributed by atoms with Gasteiger partial charge in [0.05, 0.1) is 5.69 Å². The van der Waals surface area contributed by atoms with Crippen LogP contribution in [0.5, 0.6) is 0 Å². The maximum absolute atomic E-state index is 4.43. The maximum Gasteiger partial charge on any atom is 0.0618 e. The number of para-hydroxylation sites is 1. The van der Waals surface area contributed by atoms with Crippen LogP contribution in [-0.4, -0.2) is 0 Å². The second-order valence-corrected chi connectivity index (χ2v) is 15.8. The van der Waals surface area contributed by atoms with Crippen molar-refractivity contribution in [2.24, 2.45) is 10.8 Å². The summed E-state index contributed by atoms with van der Waals surface area (Å²) in [6, 6.07) is 24.3. The van der Waals surface area contributed by atoms with Crippen molar-refractivity contribution in [1.29, 1.82) is 0 Å². The molecule has 0 unspecified atom stereocenters. The molecule has 6 rings (SSSR count). The van der Waals surface area contributed by atoms with Crippen molar-refractivity contribution in [3.05, 3.63) is 145 Å². The summed E-state index contributed by atoms with van der Waals surface area (Å²) in [7, 11) is 0. The van der Waals surface area contributed by atoms with Crippen LogP contribution in [0.4, 0.5) is 11.4 Å². The number of fused-ring (bicyclic) bond motifs is 1. The maximum atomic E-state index is 4.43. The Hall–Kier alpha value is -4.36. The predicted octanol–water partition coefficient (Wildman–Crippen LogP) is 13.1. The lowest BCUT2D eigenvalue weighted by molar-refractivity contribution is -0.0105. The second kappa shape index (κ2) is 10.6. The van der Waals surface area contributed by atoms with Gasteiger partial charge in [0, 0.05) is 27.7 Å². The third-order valence-electron chi connectivity index (χ3n) is 13.6. The smallest absolute Gasteiger partial charge is 0.0618 e. The van der Waals surface area contributed by atoms with Crippen molar-refractivity contribution in [2.45, 2.75) is 78.6 Å². The van der Waals surface area contributed by atoms with Gasteiger partial charge in [0.25, 0.3) is 0 Å². The number of nitrogens with zero attached hydrogens (tertiary/aromatic N) is 1. The van der Waals surface area contributed by atoms with Crippen LogP contribution in [0.1, 0.15) is 90.1 Å². The molecule has 0 atom stereocenters. The van der Waals surface area contributed by atoms with E-state index in [1.165, 1.54) is 27.6 Å². The number of hydrogen-bond donors (Lipinski definition) is 0. The molecule has 0 spiro atoms. The van der Waals surface area contributed by atoms with Crippen molar-refractivity contribution in [3.8, 4) is 11.1 Å². The summed E-state index contributed by atoms with van der Waals surface area (Å²) in [6.45, 7) is 39.4. The van der Waals surface area contributed by atoms with Gasteiger partial charge in [-0.1, -0.05) is 161 Å². The third kappa shape index (κ3) is 3.89. The minimum atomic E-state index is -0.0284. The molecule has 0 heterocycles. The largest absolute Gasteiger partial charge is 0.309 e. The lowest BCUT2D eigenvalue weighted by Gasteiger charge is -2.56. The molecule has 0 aromatic heterocycles. The van der Waals surface area contributed by atoms with E-state index >= 15 is 0 Å². The quantitative estimate of drug-likeness (QED) is 0.178. The minimum absolute atomic E-state index is 0.0183. The van der Waals surface area contributed by atoms with Gasteiger partial charge in [-0.15, -0.1) is 0 Å². The first-order valence-electron chi connectivity index (χ1n) is 16.9. The fourth-order valence-corrected chi connectivity index (χ4v) is 9.41. The van der Waals surface area contributed by atoms with E-state index in [4.69, 9.17) is 0 Å². The Bertz CT molecular complexity index is 1960. The SMILES string of the molecule is C=C/C=C(\C=C)N(c1ccccc1)c1c(C=C)c(C=C)c(-c2cc3c4c(c2)C(C)(C)C(C)(C)C4(C)C(C)(C)C3(C)C)c2ccccc12. The molecule has 0 aliphatic heterocycles. The van der Waals surface area contributed by atoms with E-state index in [1.54, 1.807) is 5.56 Å². The van der Waals surface area contributed by atoms with Gasteiger partial charge >= 0.3 is 0 Å². The van der Waals surface area contributed by atoms with Crippen LogP contribution >= 0.6 is 0 Å². The first-order chi connectivity index (χ1) is 22.1. The Morgan fingerprint density at radius 3 is 1.64 bits per heavy atom. The second-order valence-electron chi connectivity index (χ2n) is 15.8. The third-order valence-corrected chi connectivity index (χ3v) is 13.6. The van der Waals surface area contributed by atoms with Crippen molar-refractivity contribution < 1.29 is 0 Å². The van der Waals surface area contributed by atoms with Gasteiger partial charge < -0.3 is 4.90 Å². The number of benzene rings is 4. The molecule has 1 nitrogen and oxygen atoms in total. The highest BCUT2D eigenvalue weighted by Gasteiger charge is 2.72. The molecule has 2 aliphatic carbocycles. The van der Waals surface area contributed by atoms with Crippen LogP contribution in [-0.2, 0) is 16.2 Å². The van der Waals surface area contributed by atoms with Gasteiger partial charge in [0.2, 0.25) is 0 Å². The first-order valence-corrected chi connectivity index (χ1v) is 16.9. The lowest BCUT2D eigenvalue weighted by Crippen LogP contribution is -2.55. The Kier molecular flexibility index (Phi) is 7.33. The summed E-state index contributed by atoms with van der Waals surface area (Å²) < 4.78 is 0. The van der Waals surface area contributed by atoms with Gasteiger partial charge in [0.15, 0.2) is 0 Å². The molecule has 0 N–H and O–H groups in total. The standard InChI is InChI=1S/C46H51N/c1-14-23-31(15-2)47(32-24-19-18-20-25-32)41-34(17-4)33(16-3)39(35-26-21-22-27-36(35)41)30-28-37-40-38(29-30)43(7,8)45(11,12)46(40,13)44(9,10)42(37,5)6/h14-29H,1-4H2,5-13H3/b31-23+. The van der Waals surface area contributed by atoms with E-state index in [0.29, 0.717) is 0 Å². The summed E-state index contributed by atoms with van der Waals surface area (Å²) in [4.78, 5) is 2.27. The van der Waals surface area contributed by atoms with E-state index in [9.17, 15) is 0 Å². The highest BCUT2D eigenvalue weighted by Crippen LogP contribution is 2.76. The first kappa shape index (κ1) is 32.6. The Balaban J connectivity index is 1.78. The topological polar surface area (TPSA) is 3.24 Å². The van der Waals surface area contributed by atoms with Crippen LogP contribution in [0.15, 0.2) is 117 Å². The summed E-state index contributed by atoms with van der Waals surface area (Å²) in [5.41, 5.74) is 12.2. The molecule has 0 saturated carbocycles. The molecule has 0 saturated heterocycles. The lowest BCUT2D eigenvalue weighted by atomic mass is 9.47. The number of hydrogen-bond acceptors (Lipinski definition) is 1. The normalized spacial score (nSPS) is 19.2. The summed E-state index contributed by atoms with van der Waals surface area (Å²) >= 11 is 0. The fourth-order valence-electron chi connectivity index (χ4n) is 9.41. The minimum Gasteiger partial charge on any atom is -0.309 e. The van der Waals surface area contributed by atoms with Crippen LogP contribution in [0.25, 0.3) is 34.1 Å². The van der Waals surface area contributed by atoms with Gasteiger partial charge in [-0.3, -0.25) is 0 Å². The predicted molar refractivity (Wildman–Crippen MR) is 208 cm³/mol. The van der Waals surface area contributed by atoms with Crippen molar-refractivity contribution in [3.63, 3.8) is 0 Å². The van der Waals surface area contributed by atoms with E-state index in [0.717, 1.165) is 33.6 Å². The molecule has 4 aromatic rings. The highest BCUT2D eigenvalue weighted by molar-refractivity contribution is 6.12. The number of allylic oxidation sites excluding steroid dienone is 3. The summed E-state index contributed by atoms with van der Waals surface area (Å²) in [5, 5.41) is 2.33. The van der Waals surface area contributed by atoms with Gasteiger partial charge in [-0.05, 0) is 84.7 Å². The van der Waals surface area contributed by atoms with Crippen molar-refractivity contribution in [2.75, 3.05) is 4.90 Å². The Morgan fingerprint density at radius 2 is 1.15 bits per heavy atom. The summed E-state index contributed by atoms with van der Waals surface area (Å²) in [5.74, 6) is 0. The molecular formula is C46H51N. The molecule has 2 aliphatic rings. The molecule has 0 fully saturated rings. The average Bonchev–Trinajstić information content (AvgIpc) is 3.26. The number of rotatable bonds is 8. The van der Waals surface area contributed by atoms with Gasteiger partial charge in [-0.2, -0.15) is 0 Å². The highest BCUT2D eigenvalue weighted by atomic mass is 15.1. The van der Waals surface area contributed by atoms with Crippen LogP contribution in [0, 0.1) is 10.8 Å². The molecule has 0 radical (unpaired) electrons. The zero-order chi connectivity index (χ0) is 34.3. The van der Waals surface area contributed by atoms with Gasteiger partial charge in [-0.25, -0.2) is 0 Å². The monoisotopic (exact) mass is 617 g/mol. The van der Waals surface area contributed by atoms with Crippen LogP contribution in [0.3, 0.4) is 0 Å². The molecule has 0 bridgehead atoms. The zero-order valence-corrected chi connectivity index (χ0v) is 30.0. The zero-order valence-electron chi connectivity index (χ0n) is 30.0. The van der Waals surface area contributed by atoms with E-state index in [2.05, 4.69) is 154 Å². The Morgan fingerprint density at radius 1 is 0.638 bits per heavy atom. The van der Waals surface area contributed by atoms with E-state index < -0.39 is 0 Å². The molecule has 4 aromatic carbocycles. The molecule has 0 amide bonds. The van der Waals surface area contributed by atoms with Crippen LogP contribution in [0.2, 0.25) is 0 Å². The molecule has 1 heteroatoms. The average molecular weight is 618 g/mol. The molecule has 47 heavy (non-hydrogen) atoms. The van der Waals surface area contributed by atoms with Crippen LogP contribution < -0.4 is 4.90 Å². The number of anilines is 2. The summed E-state index contributed by atoms with van der Waals surface area (Å²) in [6.07, 6.45) is 9.74. The van der Waals surface area contributed by atoms with Crippen molar-refractivity contribution >= 4 is 34.3 Å². The molecule has 240 valence electrons. The van der Waals surface area contributed by atoms with E-state index in [-0.39, 0.29) is 27.1 Å².